The van der Waals surface area contributed by atoms with Crippen LogP contribution in [0, 0.1) is 5.92 Å². The van der Waals surface area contributed by atoms with Gasteiger partial charge in [0.15, 0.2) is 5.71 Å². The van der Waals surface area contributed by atoms with Crippen LogP contribution in [0.15, 0.2) is 82.3 Å². The predicted molar refractivity (Wildman–Crippen MR) is 201 cm³/mol. The van der Waals surface area contributed by atoms with Gasteiger partial charge in [-0.1, -0.05) is 52.3 Å². The quantitative estimate of drug-likeness (QED) is 0.0740. The van der Waals surface area contributed by atoms with Gasteiger partial charge in [-0.05, 0) is 68.7 Å². The first-order valence-electron chi connectivity index (χ1n) is 17.2. The van der Waals surface area contributed by atoms with Gasteiger partial charge in [-0.2, -0.15) is 29.8 Å². The number of nitrogens with zero attached hydrogens (tertiary/aromatic N) is 2. The molecule has 0 amide bonds. The Kier molecular flexibility index (Phi) is 12.3. The Morgan fingerprint density at radius 1 is 0.788 bits per heavy atom. The molecule has 2 heterocycles. The van der Waals surface area contributed by atoms with Crippen molar-refractivity contribution in [1.82, 2.24) is 0 Å². The number of carbonyl (C=O) groups is 1. The van der Waals surface area contributed by atoms with Gasteiger partial charge in [0, 0.05) is 59.8 Å². The van der Waals surface area contributed by atoms with Crippen molar-refractivity contribution in [3.8, 4) is 0 Å². The molecule has 0 unspecified atom stereocenters. The van der Waals surface area contributed by atoms with Gasteiger partial charge in [0.1, 0.15) is 12.3 Å². The maximum absolute atomic E-state index is 12.1. The van der Waals surface area contributed by atoms with Crippen molar-refractivity contribution >= 4 is 53.2 Å². The Morgan fingerprint density at radius 3 is 2.00 bits per heavy atom. The van der Waals surface area contributed by atoms with Crippen LogP contribution in [0.2, 0.25) is 0 Å². The SMILES string of the molecule is CC(C)C(=O)CCCCCN1/C(=C/C=C/C=C/C2=[N+](CCCS(=O)(=O)O)c3ccc(S(=O)(=O)O)cc3C2(C)C)C(C)(C)c2cc(S(=O)(=O)O)ccc21. The van der Waals surface area contributed by atoms with Crippen molar-refractivity contribution in [2.75, 3.05) is 23.7 Å². The topological polar surface area (TPSA) is 186 Å². The lowest BCUT2D eigenvalue weighted by atomic mass is 9.81. The number of allylic oxidation sites excluding steroid dienone is 6. The fraction of sp³-hybridized carbons (Fsp3) is 0.459. The molecule has 0 aromatic heterocycles. The maximum atomic E-state index is 12.1. The third-order valence-electron chi connectivity index (χ3n) is 9.79. The summed E-state index contributed by atoms with van der Waals surface area (Å²) in [5.41, 5.74) is 3.13. The summed E-state index contributed by atoms with van der Waals surface area (Å²) in [6.45, 7) is 12.4. The number of hydrogen-bond acceptors (Lipinski definition) is 8. The van der Waals surface area contributed by atoms with Gasteiger partial charge in [-0.15, -0.1) is 0 Å². The first-order valence-corrected chi connectivity index (χ1v) is 21.6. The molecule has 12 nitrogen and oxygen atoms in total. The van der Waals surface area contributed by atoms with Crippen LogP contribution in [-0.4, -0.2) is 73.8 Å². The number of carbonyl (C=O) groups excluding carboxylic acids is 1. The first kappa shape index (κ1) is 41.3. The van der Waals surface area contributed by atoms with Crippen LogP contribution in [0.25, 0.3) is 0 Å². The van der Waals surface area contributed by atoms with Crippen LogP contribution in [0.1, 0.15) is 84.8 Å². The van der Waals surface area contributed by atoms with Crippen LogP contribution in [0.3, 0.4) is 0 Å². The Labute approximate surface area is 307 Å². The summed E-state index contributed by atoms with van der Waals surface area (Å²) in [6, 6.07) is 8.86. The van der Waals surface area contributed by atoms with Gasteiger partial charge in [0.05, 0.1) is 21.0 Å². The van der Waals surface area contributed by atoms with Gasteiger partial charge < -0.3 is 4.90 Å². The van der Waals surface area contributed by atoms with Crippen LogP contribution >= 0.6 is 0 Å². The van der Waals surface area contributed by atoms with Gasteiger partial charge >= 0.3 is 0 Å². The van der Waals surface area contributed by atoms with E-state index in [0.29, 0.717) is 24.2 Å². The van der Waals surface area contributed by atoms with Crippen molar-refractivity contribution < 1.29 is 48.3 Å². The molecule has 2 aliphatic heterocycles. The predicted octanol–water partition coefficient (Wildman–Crippen LogP) is 6.41. The van der Waals surface area contributed by atoms with E-state index in [0.717, 1.165) is 41.9 Å². The van der Waals surface area contributed by atoms with E-state index in [1.807, 2.05) is 70.4 Å². The fourth-order valence-electron chi connectivity index (χ4n) is 6.91. The minimum atomic E-state index is -4.47. The second-order valence-corrected chi connectivity index (χ2v) is 19.0. The smallest absolute Gasteiger partial charge is 0.294 e. The summed E-state index contributed by atoms with van der Waals surface area (Å²) in [6.07, 6.45) is 12.3. The zero-order valence-electron chi connectivity index (χ0n) is 30.4. The lowest BCUT2D eigenvalue weighted by Crippen LogP contribution is -2.28. The van der Waals surface area contributed by atoms with Gasteiger partial charge in [-0.3, -0.25) is 18.5 Å². The lowest BCUT2D eigenvalue weighted by Gasteiger charge is -2.27. The molecule has 0 spiro atoms. The number of benzene rings is 2. The van der Waals surface area contributed by atoms with E-state index in [1.165, 1.54) is 24.3 Å². The first-order chi connectivity index (χ1) is 24.0. The van der Waals surface area contributed by atoms with Crippen LogP contribution < -0.4 is 4.90 Å². The van der Waals surface area contributed by atoms with Crippen molar-refractivity contribution in [3.05, 3.63) is 83.6 Å². The summed E-state index contributed by atoms with van der Waals surface area (Å²) in [7, 11) is -13.1. The summed E-state index contributed by atoms with van der Waals surface area (Å²) < 4.78 is 101. The van der Waals surface area contributed by atoms with E-state index >= 15 is 0 Å². The summed E-state index contributed by atoms with van der Waals surface area (Å²) in [5, 5.41) is 0. The number of anilines is 1. The lowest BCUT2D eigenvalue weighted by molar-refractivity contribution is -0.437. The number of Topliss-reactive ketones (excluding diaryl/α,β-unsaturated/α-hetero) is 1. The average Bonchev–Trinajstić information content (AvgIpc) is 3.37. The second kappa shape index (κ2) is 15.5. The molecular weight excluding hydrogens is 729 g/mol. The second-order valence-electron chi connectivity index (χ2n) is 14.6. The molecule has 52 heavy (non-hydrogen) atoms. The molecule has 3 N–H and O–H groups in total. The zero-order chi connectivity index (χ0) is 38.9. The molecule has 2 aromatic rings. The molecular formula is C37H49N2O10S3+. The molecule has 0 atom stereocenters. The fourth-order valence-corrected chi connectivity index (χ4v) is 8.42. The third kappa shape index (κ3) is 9.36. The van der Waals surface area contributed by atoms with Crippen molar-refractivity contribution in [2.45, 2.75) is 94.3 Å². The van der Waals surface area contributed by atoms with Crippen molar-refractivity contribution in [3.63, 3.8) is 0 Å². The van der Waals surface area contributed by atoms with Gasteiger partial charge in [0.25, 0.3) is 30.4 Å². The maximum Gasteiger partial charge on any atom is 0.294 e. The highest BCUT2D eigenvalue weighted by Crippen LogP contribution is 2.48. The number of ketones is 1. The summed E-state index contributed by atoms with van der Waals surface area (Å²) in [4.78, 5) is 13.8. The summed E-state index contributed by atoms with van der Waals surface area (Å²) in [5.74, 6) is -0.224. The van der Waals surface area contributed by atoms with Gasteiger partial charge in [0.2, 0.25) is 5.69 Å². The van der Waals surface area contributed by atoms with E-state index in [1.54, 1.807) is 18.2 Å². The zero-order valence-corrected chi connectivity index (χ0v) is 32.9. The highest BCUT2D eigenvalue weighted by molar-refractivity contribution is 7.86. The Balaban J connectivity index is 1.66. The largest absolute Gasteiger partial charge is 0.344 e. The molecule has 0 fully saturated rings. The molecule has 0 saturated heterocycles. The molecule has 2 aromatic carbocycles. The van der Waals surface area contributed by atoms with Crippen molar-refractivity contribution in [1.29, 1.82) is 0 Å². The van der Waals surface area contributed by atoms with Gasteiger partial charge in [-0.25, -0.2) is 0 Å². The minimum absolute atomic E-state index is 0.00168. The van der Waals surface area contributed by atoms with E-state index in [4.69, 9.17) is 0 Å². The van der Waals surface area contributed by atoms with Crippen LogP contribution in [0.4, 0.5) is 11.4 Å². The normalized spacial score (nSPS) is 18.0. The molecule has 0 bridgehead atoms. The monoisotopic (exact) mass is 777 g/mol. The molecule has 0 radical (unpaired) electrons. The Hall–Kier alpha value is -3.47. The van der Waals surface area contributed by atoms with E-state index in [2.05, 4.69) is 4.90 Å². The molecule has 4 rings (SSSR count). The van der Waals surface area contributed by atoms with Crippen LogP contribution in [-0.2, 0) is 46.0 Å². The van der Waals surface area contributed by atoms with E-state index in [9.17, 15) is 43.7 Å². The highest BCUT2D eigenvalue weighted by Gasteiger charge is 2.45. The number of rotatable bonds is 16. The molecule has 15 heteroatoms. The number of hydrogen-bond donors (Lipinski definition) is 3. The number of unbranched alkanes of at least 4 members (excludes halogenated alkanes) is 2. The minimum Gasteiger partial charge on any atom is -0.344 e. The molecule has 0 aliphatic carbocycles. The van der Waals surface area contributed by atoms with Crippen molar-refractivity contribution in [2.24, 2.45) is 5.92 Å². The molecule has 2 aliphatic rings. The average molecular weight is 778 g/mol. The van der Waals surface area contributed by atoms with E-state index in [-0.39, 0.29) is 34.5 Å². The molecule has 0 saturated carbocycles. The highest BCUT2D eigenvalue weighted by atomic mass is 32.2. The van der Waals surface area contributed by atoms with Crippen LogP contribution in [0.5, 0.6) is 0 Å². The third-order valence-corrected chi connectivity index (χ3v) is 12.3. The molecule has 284 valence electrons. The number of fused-ring (bicyclic) bond motifs is 2. The van der Waals surface area contributed by atoms with E-state index < -0.39 is 46.9 Å². The Morgan fingerprint density at radius 2 is 1.40 bits per heavy atom. The standard InChI is InChI=1S/C37H48N2O10S3/c1-26(2)33(40)14-9-8-12-21-38-31-19-17-27(51(44,45)46)24-29(31)36(3,4)34(38)15-10-7-11-16-35-37(5,6)30-25-28(52(47,48)49)18-20-32(30)39(35)22-13-23-50(41,42)43/h7,10-11,15-20,24-26H,8-9,12-14,21-23H2,1-6H3,(H2-,41,42,43,44,45,46,47,48,49)/p+1. The summed E-state index contributed by atoms with van der Waals surface area (Å²) >= 11 is 0. The Bertz CT molecular complexity index is 2180.